The number of rotatable bonds is 10. The normalized spacial score (nSPS) is 19.3. The maximum atomic E-state index is 14.8. The zero-order valence-corrected chi connectivity index (χ0v) is 28.3. The Bertz CT molecular complexity index is 1890. The van der Waals surface area contributed by atoms with E-state index in [1.807, 2.05) is 20.8 Å². The Morgan fingerprint density at radius 1 is 1.10 bits per heavy atom. The van der Waals surface area contributed by atoms with E-state index in [1.165, 1.54) is 18.3 Å². The summed E-state index contributed by atoms with van der Waals surface area (Å²) in [5.41, 5.74) is -1.41. The summed E-state index contributed by atoms with van der Waals surface area (Å²) in [5, 5.41) is 20.8. The monoisotopic (exact) mass is 757 g/mol. The smallest absolute Gasteiger partial charge is 0.407 e. The van der Waals surface area contributed by atoms with Crippen LogP contribution in [0.1, 0.15) is 50.9 Å². The predicted octanol–water partition coefficient (Wildman–Crippen LogP) is 7.05. The topological polar surface area (TPSA) is 140 Å². The van der Waals surface area contributed by atoms with Crippen molar-refractivity contribution in [3.8, 4) is 11.1 Å². The Labute approximate surface area is 296 Å². The van der Waals surface area contributed by atoms with E-state index < -0.39 is 66.9 Å². The molecule has 2 amide bonds. The van der Waals surface area contributed by atoms with Crippen molar-refractivity contribution >= 4 is 47.8 Å². The van der Waals surface area contributed by atoms with Crippen molar-refractivity contribution in [3.63, 3.8) is 0 Å². The molecule has 2 aliphatic rings. The summed E-state index contributed by atoms with van der Waals surface area (Å²) in [4.78, 5) is 31.4. The lowest BCUT2D eigenvalue weighted by molar-refractivity contribution is -0.134. The first-order valence-corrected chi connectivity index (χ1v) is 15.7. The molecule has 2 aliphatic heterocycles. The van der Waals surface area contributed by atoms with Gasteiger partial charge in [0.15, 0.2) is 5.96 Å². The Morgan fingerprint density at radius 2 is 1.79 bits per heavy atom. The van der Waals surface area contributed by atoms with Crippen LogP contribution in [0.2, 0.25) is 5.02 Å². The minimum Gasteiger partial charge on any atom is -0.447 e. The van der Waals surface area contributed by atoms with Crippen LogP contribution in [0.25, 0.3) is 11.1 Å². The van der Waals surface area contributed by atoms with Gasteiger partial charge in [0.05, 0.1) is 29.2 Å². The fourth-order valence-electron chi connectivity index (χ4n) is 5.83. The Hall–Kier alpha value is -5.20. The van der Waals surface area contributed by atoms with Gasteiger partial charge in [-0.2, -0.15) is 45.9 Å². The molecule has 2 atom stereocenters. The molecule has 278 valence electrons. The minimum atomic E-state index is -4.77. The molecule has 0 spiro atoms. The Kier molecular flexibility index (Phi) is 10.3. The minimum absolute atomic E-state index is 0.00520. The van der Waals surface area contributed by atoms with Crippen LogP contribution in [-0.4, -0.2) is 70.6 Å². The van der Waals surface area contributed by atoms with E-state index in [1.54, 1.807) is 29.6 Å². The largest absolute Gasteiger partial charge is 0.447 e. The van der Waals surface area contributed by atoms with Gasteiger partial charge in [0.2, 0.25) is 0 Å². The molecule has 5 rings (SSSR count). The van der Waals surface area contributed by atoms with Gasteiger partial charge < -0.3 is 15.4 Å². The van der Waals surface area contributed by atoms with Gasteiger partial charge in [-0.3, -0.25) is 15.1 Å². The van der Waals surface area contributed by atoms with Crippen molar-refractivity contribution in [2.45, 2.75) is 57.5 Å². The number of aliphatic imine (C=N–C) groups is 1. The van der Waals surface area contributed by atoms with E-state index in [4.69, 9.17) is 21.7 Å². The highest BCUT2D eigenvalue weighted by molar-refractivity contribution is 6.33. The molecular weight excluding hydrogens is 727 g/mol. The number of hydrazone groups is 1. The highest BCUT2D eigenvalue weighted by Gasteiger charge is 2.55. The number of ether oxygens (including phenoxy) is 1. The van der Waals surface area contributed by atoms with Crippen LogP contribution in [0.15, 0.2) is 65.0 Å². The summed E-state index contributed by atoms with van der Waals surface area (Å²) in [6, 6.07) is 4.70. The maximum Gasteiger partial charge on any atom is 0.407 e. The summed E-state index contributed by atoms with van der Waals surface area (Å²) in [5.74, 6) is -1.26. The van der Waals surface area contributed by atoms with Gasteiger partial charge in [0, 0.05) is 11.8 Å². The second-order valence-electron chi connectivity index (χ2n) is 13.1. The number of nitrogens with zero attached hydrogens (tertiary/aromatic N) is 6. The fourth-order valence-corrected chi connectivity index (χ4v) is 6.03. The SMILES string of the molecule is CC(C)(C)C[C@]1(c2ccc(-c3cnn(C(F)F)c3)cc2)NC(=N)N([C@H](COC(=O)NCC(F)(F)F)c2ccc(Cl)c(N3N=CN=CC3(F)F)c2)C1=O. The highest BCUT2D eigenvalue weighted by atomic mass is 35.5. The van der Waals surface area contributed by atoms with Crippen LogP contribution in [0, 0.1) is 10.8 Å². The molecule has 3 N–H and O–H groups in total. The van der Waals surface area contributed by atoms with Crippen LogP contribution in [0.3, 0.4) is 0 Å². The molecule has 0 bridgehead atoms. The average Bonchev–Trinajstić information content (AvgIpc) is 3.64. The maximum absolute atomic E-state index is 14.8. The lowest BCUT2D eigenvalue weighted by Gasteiger charge is -2.35. The zero-order valence-electron chi connectivity index (χ0n) is 27.6. The molecule has 52 heavy (non-hydrogen) atoms. The summed E-state index contributed by atoms with van der Waals surface area (Å²) >= 11 is 6.29. The van der Waals surface area contributed by atoms with Gasteiger partial charge >= 0.3 is 24.9 Å². The summed E-state index contributed by atoms with van der Waals surface area (Å²) in [6.07, 6.45) is -2.65. The van der Waals surface area contributed by atoms with Crippen molar-refractivity contribution in [2.75, 3.05) is 18.2 Å². The number of benzene rings is 2. The number of guanidine groups is 1. The first-order valence-electron chi connectivity index (χ1n) is 15.4. The molecule has 20 heteroatoms. The number of aromatic nitrogens is 2. The number of alkyl halides is 7. The number of carbonyl (C=O) groups is 2. The van der Waals surface area contributed by atoms with Gasteiger partial charge in [-0.05, 0) is 40.7 Å². The third kappa shape index (κ3) is 8.13. The molecule has 1 aromatic heterocycles. The number of amides is 2. The lowest BCUT2D eigenvalue weighted by Crippen LogP contribution is -2.47. The van der Waals surface area contributed by atoms with E-state index in [0.29, 0.717) is 27.6 Å². The van der Waals surface area contributed by atoms with Crippen molar-refractivity contribution in [1.82, 2.24) is 25.3 Å². The molecule has 0 unspecified atom stereocenters. The highest BCUT2D eigenvalue weighted by Crippen LogP contribution is 2.44. The fraction of sp³-hybridized carbons (Fsp3) is 0.375. The number of carbonyl (C=O) groups excluding carboxylic acids is 2. The van der Waals surface area contributed by atoms with Gasteiger partial charge in [0.1, 0.15) is 25.0 Å². The quantitative estimate of drug-likeness (QED) is 0.150. The molecule has 1 saturated heterocycles. The molecule has 3 aromatic rings. The number of alkyl carbamates (subject to hydrolysis) is 1. The van der Waals surface area contributed by atoms with Crippen LogP contribution in [-0.2, 0) is 15.1 Å². The van der Waals surface area contributed by atoms with Crippen LogP contribution >= 0.6 is 11.6 Å². The van der Waals surface area contributed by atoms with E-state index >= 15 is 0 Å². The summed E-state index contributed by atoms with van der Waals surface area (Å²) in [6.45, 7) is 0.0932. The number of hydrogen-bond donors (Lipinski definition) is 3. The van der Waals surface area contributed by atoms with Gasteiger partial charge in [-0.1, -0.05) is 62.7 Å². The Balaban J connectivity index is 1.56. The van der Waals surface area contributed by atoms with Gasteiger partial charge in [-0.25, -0.2) is 14.5 Å². The third-order valence-corrected chi connectivity index (χ3v) is 8.23. The van der Waals surface area contributed by atoms with E-state index in [0.717, 1.165) is 23.5 Å². The van der Waals surface area contributed by atoms with Crippen molar-refractivity contribution in [2.24, 2.45) is 15.5 Å². The standard InChI is InChI=1S/C32H31ClF7N9O3/c1-29(2,3)14-30(21-7-4-18(5-8-21)20-11-44-47(12-20)26(34)35)25(50)48(27(41)46-30)24(13-52-28(51)43-15-31(36,37)38)19-6-9-22(33)23(10-19)49-32(39,40)16-42-17-45-49/h4-12,16-17,24,26H,13-15H2,1-3H3,(H2,41,46)(H,43,51)/t24-,30-/m1/s1. The van der Waals surface area contributed by atoms with Crippen LogP contribution in [0.5, 0.6) is 0 Å². The molecule has 0 saturated carbocycles. The molecule has 1 fully saturated rings. The molecule has 2 aromatic carbocycles. The number of halogens is 8. The molecule has 0 aliphatic carbocycles. The van der Waals surface area contributed by atoms with Gasteiger partial charge in [-0.15, -0.1) is 0 Å². The van der Waals surface area contributed by atoms with E-state index in [-0.39, 0.29) is 27.7 Å². The first kappa shape index (κ1) is 38.0. The Morgan fingerprint density at radius 3 is 2.38 bits per heavy atom. The summed E-state index contributed by atoms with van der Waals surface area (Å²) in [7, 11) is 0. The molecule has 3 heterocycles. The lowest BCUT2D eigenvalue weighted by atomic mass is 9.75. The molecule has 0 radical (unpaired) electrons. The van der Waals surface area contributed by atoms with E-state index in [9.17, 15) is 40.3 Å². The van der Waals surface area contributed by atoms with Gasteiger partial charge in [0.25, 0.3) is 5.91 Å². The third-order valence-electron chi connectivity index (χ3n) is 7.91. The van der Waals surface area contributed by atoms with Crippen molar-refractivity contribution in [3.05, 3.63) is 71.0 Å². The zero-order chi connectivity index (χ0) is 38.2. The van der Waals surface area contributed by atoms with Crippen molar-refractivity contribution in [1.29, 1.82) is 5.41 Å². The number of nitrogens with one attached hydrogen (secondary N) is 3. The number of anilines is 1. The van der Waals surface area contributed by atoms with Crippen LogP contribution in [0.4, 0.5) is 41.2 Å². The summed E-state index contributed by atoms with van der Waals surface area (Å²) < 4.78 is 99.9. The average molecular weight is 758 g/mol. The first-order chi connectivity index (χ1) is 24.2. The second-order valence-corrected chi connectivity index (χ2v) is 13.5. The number of hydrogen-bond acceptors (Lipinski definition) is 8. The van der Waals surface area contributed by atoms with Crippen molar-refractivity contribution < 1.29 is 45.1 Å². The molecular formula is C32H31ClF7N9O3. The second kappa shape index (κ2) is 14.1. The predicted molar refractivity (Wildman–Crippen MR) is 176 cm³/mol. The van der Waals surface area contributed by atoms with Crippen LogP contribution < -0.4 is 15.6 Å². The molecule has 12 nitrogen and oxygen atoms in total. The van der Waals surface area contributed by atoms with E-state index in [2.05, 4.69) is 20.5 Å².